The molecule has 0 saturated carbocycles. The molecule has 35 heavy (non-hydrogen) atoms. The molecular formula is C28H38BNO5. The second-order valence-electron chi connectivity index (χ2n) is 11.4. The van der Waals surface area contributed by atoms with Crippen LogP contribution in [0.25, 0.3) is 0 Å². The second kappa shape index (κ2) is 9.27. The van der Waals surface area contributed by atoms with Gasteiger partial charge in [0, 0.05) is 12.5 Å². The lowest BCUT2D eigenvalue weighted by atomic mass is 9.78. The Bertz CT molecular complexity index is 1020. The summed E-state index contributed by atoms with van der Waals surface area (Å²) in [7, 11) is -0.424. The minimum atomic E-state index is -1.17. The third kappa shape index (κ3) is 5.13. The van der Waals surface area contributed by atoms with E-state index in [1.807, 2.05) is 89.2 Å². The van der Waals surface area contributed by atoms with Gasteiger partial charge >= 0.3 is 13.2 Å². The molecule has 2 fully saturated rings. The number of hydrogen-bond donors (Lipinski definition) is 1. The maximum atomic E-state index is 13.2. The molecule has 0 bridgehead atoms. The zero-order chi connectivity index (χ0) is 25.6. The van der Waals surface area contributed by atoms with E-state index in [0.29, 0.717) is 13.0 Å². The Morgan fingerprint density at radius 2 is 1.57 bits per heavy atom. The van der Waals surface area contributed by atoms with E-state index in [1.165, 1.54) is 0 Å². The summed E-state index contributed by atoms with van der Waals surface area (Å²) in [5, 5.41) is 10.8. The standard InChI is InChI=1S/C28H38BNO5/c1-19(20-13-15-22(16-14-20)29-34-27(4,5)28(6,7)35-29)30-18-17-23(21-11-9-8-10-12-21)24(26(2,3)32)33-25(30)31/h8-16,19,23-24,32H,17-18H2,1-7H3/t19-,23?,24-/m0/s1. The van der Waals surface area contributed by atoms with E-state index in [2.05, 4.69) is 0 Å². The summed E-state index contributed by atoms with van der Waals surface area (Å²) >= 11 is 0. The smallest absolute Gasteiger partial charge is 0.442 e. The van der Waals surface area contributed by atoms with Crippen molar-refractivity contribution < 1.29 is 23.9 Å². The number of carbonyl (C=O) groups is 1. The molecule has 2 aliphatic rings. The normalized spacial score (nSPS) is 25.2. The molecule has 1 unspecified atom stereocenters. The van der Waals surface area contributed by atoms with Crippen LogP contribution in [0, 0.1) is 0 Å². The summed E-state index contributed by atoms with van der Waals surface area (Å²) < 4.78 is 18.3. The average Bonchev–Trinajstić information content (AvgIpc) is 2.91. The number of carbonyl (C=O) groups excluding carboxylic acids is 1. The van der Waals surface area contributed by atoms with Crippen molar-refractivity contribution in [3.63, 3.8) is 0 Å². The van der Waals surface area contributed by atoms with Gasteiger partial charge in [0.15, 0.2) is 0 Å². The van der Waals surface area contributed by atoms with Crippen molar-refractivity contribution in [2.24, 2.45) is 0 Å². The van der Waals surface area contributed by atoms with Gasteiger partial charge in [-0.1, -0.05) is 54.6 Å². The first-order valence-corrected chi connectivity index (χ1v) is 12.5. The van der Waals surface area contributed by atoms with Gasteiger partial charge in [-0.15, -0.1) is 0 Å². The Morgan fingerprint density at radius 1 is 1.00 bits per heavy atom. The van der Waals surface area contributed by atoms with E-state index in [1.54, 1.807) is 18.7 Å². The monoisotopic (exact) mass is 479 g/mol. The van der Waals surface area contributed by atoms with Crippen LogP contribution in [0.4, 0.5) is 4.79 Å². The van der Waals surface area contributed by atoms with Crippen LogP contribution in [0.1, 0.15) is 78.0 Å². The minimum absolute atomic E-state index is 0.0944. The quantitative estimate of drug-likeness (QED) is 0.624. The van der Waals surface area contributed by atoms with Crippen LogP contribution in [0.15, 0.2) is 54.6 Å². The maximum absolute atomic E-state index is 13.2. The fraction of sp³-hybridized carbons (Fsp3) is 0.536. The van der Waals surface area contributed by atoms with Crippen molar-refractivity contribution in [1.82, 2.24) is 4.90 Å². The van der Waals surface area contributed by atoms with Gasteiger partial charge in [-0.25, -0.2) is 4.79 Å². The average molecular weight is 479 g/mol. The summed E-state index contributed by atoms with van der Waals surface area (Å²) in [5.41, 5.74) is 1.05. The molecule has 1 amide bonds. The van der Waals surface area contributed by atoms with E-state index in [-0.39, 0.29) is 12.0 Å². The van der Waals surface area contributed by atoms with Crippen molar-refractivity contribution in [1.29, 1.82) is 0 Å². The van der Waals surface area contributed by atoms with Crippen molar-refractivity contribution in [3.8, 4) is 0 Å². The first kappa shape index (κ1) is 25.7. The van der Waals surface area contributed by atoms with Crippen molar-refractivity contribution in [3.05, 3.63) is 65.7 Å². The number of cyclic esters (lactones) is 1. The number of rotatable bonds is 5. The molecule has 188 valence electrons. The van der Waals surface area contributed by atoms with Crippen LogP contribution in [0.2, 0.25) is 0 Å². The molecule has 6 nitrogen and oxygen atoms in total. The van der Waals surface area contributed by atoms with E-state index in [4.69, 9.17) is 14.0 Å². The number of benzene rings is 2. The first-order chi connectivity index (χ1) is 16.3. The molecule has 2 aliphatic heterocycles. The molecule has 1 N–H and O–H groups in total. The summed E-state index contributed by atoms with van der Waals surface area (Å²) in [6.45, 7) is 14.1. The summed E-state index contributed by atoms with van der Waals surface area (Å²) in [6.07, 6.45) is -0.348. The van der Waals surface area contributed by atoms with Crippen LogP contribution in [-0.4, -0.2) is 52.7 Å². The van der Waals surface area contributed by atoms with E-state index in [0.717, 1.165) is 16.6 Å². The number of aliphatic hydroxyl groups is 1. The van der Waals surface area contributed by atoms with Crippen LogP contribution >= 0.6 is 0 Å². The zero-order valence-electron chi connectivity index (χ0n) is 21.9. The Labute approximate surface area is 209 Å². The molecule has 2 saturated heterocycles. The van der Waals surface area contributed by atoms with Crippen molar-refractivity contribution >= 4 is 18.7 Å². The molecule has 0 spiro atoms. The van der Waals surface area contributed by atoms with Crippen LogP contribution in [0.5, 0.6) is 0 Å². The molecule has 0 aliphatic carbocycles. The van der Waals surface area contributed by atoms with Gasteiger partial charge in [0.2, 0.25) is 0 Å². The molecule has 4 rings (SSSR count). The predicted molar refractivity (Wildman–Crippen MR) is 138 cm³/mol. The highest BCUT2D eigenvalue weighted by Crippen LogP contribution is 2.38. The molecular weight excluding hydrogens is 441 g/mol. The number of hydrogen-bond acceptors (Lipinski definition) is 5. The lowest BCUT2D eigenvalue weighted by Crippen LogP contribution is -2.44. The molecule has 2 aromatic carbocycles. The summed E-state index contributed by atoms with van der Waals surface area (Å²) in [6, 6.07) is 17.8. The molecule has 0 radical (unpaired) electrons. The minimum Gasteiger partial charge on any atom is -0.442 e. The van der Waals surface area contributed by atoms with Crippen molar-refractivity contribution in [2.75, 3.05) is 6.54 Å². The highest BCUT2D eigenvalue weighted by molar-refractivity contribution is 6.62. The van der Waals surface area contributed by atoms with Crippen LogP contribution in [-0.2, 0) is 14.0 Å². The Kier molecular flexibility index (Phi) is 6.82. The topological polar surface area (TPSA) is 68.2 Å². The molecule has 2 heterocycles. The molecule has 7 heteroatoms. The Balaban J connectivity index is 1.53. The summed E-state index contributed by atoms with van der Waals surface area (Å²) in [5.74, 6) is -0.0944. The lowest BCUT2D eigenvalue weighted by molar-refractivity contribution is -0.0687. The number of nitrogens with zero attached hydrogens (tertiary/aromatic N) is 1. The maximum Gasteiger partial charge on any atom is 0.494 e. The lowest BCUT2D eigenvalue weighted by Gasteiger charge is -2.34. The molecule has 0 aromatic heterocycles. The van der Waals surface area contributed by atoms with Gasteiger partial charge < -0.3 is 24.1 Å². The largest absolute Gasteiger partial charge is 0.494 e. The molecule has 3 atom stereocenters. The number of amides is 1. The second-order valence-corrected chi connectivity index (χ2v) is 11.4. The SMILES string of the molecule is C[C@@H](c1ccc(B2OC(C)(C)C(C)(C)O2)cc1)N1CCC(c2ccccc2)[C@@H](C(C)(C)O)OC1=O. The Hall–Kier alpha value is -2.35. The fourth-order valence-corrected chi connectivity index (χ4v) is 4.90. The molecule has 2 aromatic rings. The fourth-order valence-electron chi connectivity index (χ4n) is 4.90. The number of ether oxygens (including phenoxy) is 1. The highest BCUT2D eigenvalue weighted by Gasteiger charge is 2.51. The third-order valence-corrected chi connectivity index (χ3v) is 7.84. The van der Waals surface area contributed by atoms with Gasteiger partial charge in [-0.2, -0.15) is 0 Å². The van der Waals surface area contributed by atoms with Crippen LogP contribution in [0.3, 0.4) is 0 Å². The van der Waals surface area contributed by atoms with Gasteiger partial charge in [0.05, 0.1) is 22.8 Å². The first-order valence-electron chi connectivity index (χ1n) is 12.5. The van der Waals surface area contributed by atoms with E-state index in [9.17, 15) is 9.90 Å². The zero-order valence-corrected chi connectivity index (χ0v) is 21.9. The third-order valence-electron chi connectivity index (χ3n) is 7.84. The predicted octanol–water partition coefficient (Wildman–Crippen LogP) is 4.81. The highest BCUT2D eigenvalue weighted by atomic mass is 16.7. The van der Waals surface area contributed by atoms with Crippen LogP contribution < -0.4 is 5.46 Å². The van der Waals surface area contributed by atoms with Gasteiger partial charge in [0.1, 0.15) is 6.10 Å². The van der Waals surface area contributed by atoms with E-state index >= 15 is 0 Å². The van der Waals surface area contributed by atoms with Gasteiger partial charge in [-0.3, -0.25) is 0 Å². The Morgan fingerprint density at radius 3 is 2.11 bits per heavy atom. The van der Waals surface area contributed by atoms with Gasteiger partial charge in [-0.05, 0) is 71.5 Å². The van der Waals surface area contributed by atoms with Crippen molar-refractivity contribution in [2.45, 2.75) is 89.8 Å². The summed E-state index contributed by atoms with van der Waals surface area (Å²) in [4.78, 5) is 15.0. The van der Waals surface area contributed by atoms with E-state index < -0.39 is 36.1 Å². The van der Waals surface area contributed by atoms with Gasteiger partial charge in [0.25, 0.3) is 0 Å².